The molecule has 1 aliphatic heterocycles. The second kappa shape index (κ2) is 9.65. The Morgan fingerprint density at radius 3 is 2.47 bits per heavy atom. The van der Waals surface area contributed by atoms with Gasteiger partial charge in [0.05, 0.1) is 5.57 Å². The van der Waals surface area contributed by atoms with Crippen LogP contribution in [0.3, 0.4) is 0 Å². The van der Waals surface area contributed by atoms with Crippen molar-refractivity contribution in [3.05, 3.63) is 101 Å². The number of ether oxygens (including phenoxy) is 2. The third kappa shape index (κ3) is 4.66. The number of rotatable bonds is 6. The van der Waals surface area contributed by atoms with Crippen LogP contribution in [0.2, 0.25) is 0 Å². The molecule has 0 spiro atoms. The number of ketones is 1. The highest BCUT2D eigenvalue weighted by atomic mass is 16.6. The lowest BCUT2D eigenvalue weighted by Crippen LogP contribution is -2.38. The van der Waals surface area contributed by atoms with Gasteiger partial charge < -0.3 is 14.8 Å². The van der Waals surface area contributed by atoms with Gasteiger partial charge in [-0.1, -0.05) is 74.5 Å². The van der Waals surface area contributed by atoms with Crippen LogP contribution < -0.4 is 10.1 Å². The topological polar surface area (TPSA) is 64.6 Å². The summed E-state index contributed by atoms with van der Waals surface area (Å²) in [6.07, 6.45) is 1.20. The van der Waals surface area contributed by atoms with Crippen LogP contribution in [0.5, 0.6) is 5.75 Å². The van der Waals surface area contributed by atoms with Crippen LogP contribution in [0.15, 0.2) is 95.3 Å². The van der Waals surface area contributed by atoms with E-state index in [2.05, 4.69) is 37.4 Å². The van der Waals surface area contributed by atoms with Gasteiger partial charge in [0.1, 0.15) is 19.0 Å². The molecule has 36 heavy (non-hydrogen) atoms. The van der Waals surface area contributed by atoms with Crippen molar-refractivity contribution in [2.45, 2.75) is 39.5 Å². The summed E-state index contributed by atoms with van der Waals surface area (Å²) < 4.78 is 11.4. The largest absolute Gasteiger partial charge is 0.490 e. The van der Waals surface area contributed by atoms with E-state index in [1.54, 1.807) is 0 Å². The van der Waals surface area contributed by atoms with E-state index in [0.717, 1.165) is 39.9 Å². The molecule has 3 aromatic rings. The summed E-state index contributed by atoms with van der Waals surface area (Å²) in [5.41, 5.74) is 3.62. The summed E-state index contributed by atoms with van der Waals surface area (Å²) in [7, 11) is 0. The van der Waals surface area contributed by atoms with Gasteiger partial charge in [-0.25, -0.2) is 4.79 Å². The quantitative estimate of drug-likeness (QED) is 0.342. The number of esters is 1. The molecule has 1 aliphatic carbocycles. The Kier molecular flexibility index (Phi) is 6.40. The molecular weight excluding hydrogens is 450 g/mol. The second-order valence-corrected chi connectivity index (χ2v) is 10.3. The van der Waals surface area contributed by atoms with Crippen LogP contribution in [0, 0.1) is 5.41 Å². The Morgan fingerprint density at radius 1 is 0.944 bits per heavy atom. The van der Waals surface area contributed by atoms with Crippen LogP contribution >= 0.6 is 0 Å². The van der Waals surface area contributed by atoms with E-state index < -0.39 is 11.9 Å². The zero-order chi connectivity index (χ0) is 25.3. The SMILES string of the molecule is CC1=C(C(=O)OCCOc2ccccc2)C(c2cccc3ccccc23)C2=C(CC(C)(C)CC2=O)N1. The van der Waals surface area contributed by atoms with Gasteiger partial charge in [-0.3, -0.25) is 4.79 Å². The number of hydrogen-bond donors (Lipinski definition) is 1. The number of allylic oxidation sites excluding steroid dienone is 3. The molecule has 0 radical (unpaired) electrons. The minimum Gasteiger partial charge on any atom is -0.490 e. The highest BCUT2D eigenvalue weighted by molar-refractivity contribution is 6.05. The highest BCUT2D eigenvalue weighted by Crippen LogP contribution is 2.48. The van der Waals surface area contributed by atoms with Gasteiger partial charge in [0.15, 0.2) is 5.78 Å². The molecule has 1 atom stereocenters. The van der Waals surface area contributed by atoms with Crippen LogP contribution in [0.1, 0.15) is 45.1 Å². The van der Waals surface area contributed by atoms with Crippen molar-refractivity contribution in [2.24, 2.45) is 5.41 Å². The molecule has 0 aromatic heterocycles. The van der Waals surface area contributed by atoms with Gasteiger partial charge in [0.2, 0.25) is 0 Å². The molecule has 184 valence electrons. The Labute approximate surface area is 211 Å². The Balaban J connectivity index is 1.50. The first-order valence-corrected chi connectivity index (χ1v) is 12.4. The fraction of sp³-hybridized carbons (Fsp3) is 0.290. The van der Waals surface area contributed by atoms with Gasteiger partial charge in [-0.2, -0.15) is 0 Å². The Bertz CT molecular complexity index is 1380. The molecule has 0 fully saturated rings. The first-order chi connectivity index (χ1) is 17.3. The number of benzene rings is 3. The molecule has 1 N–H and O–H groups in total. The van der Waals surface area contributed by atoms with Gasteiger partial charge >= 0.3 is 5.97 Å². The van der Waals surface area contributed by atoms with Gasteiger partial charge in [0, 0.05) is 29.3 Å². The van der Waals surface area contributed by atoms with Crippen molar-refractivity contribution < 1.29 is 19.1 Å². The molecule has 5 heteroatoms. The molecule has 5 rings (SSSR count). The monoisotopic (exact) mass is 481 g/mol. The predicted molar refractivity (Wildman–Crippen MR) is 140 cm³/mol. The number of hydrogen-bond acceptors (Lipinski definition) is 5. The summed E-state index contributed by atoms with van der Waals surface area (Å²) in [4.78, 5) is 27.1. The number of Topliss-reactive ketones (excluding diaryl/α,β-unsaturated/α-hetero) is 1. The minimum atomic E-state index is -0.488. The number of nitrogens with one attached hydrogen (secondary N) is 1. The first-order valence-electron chi connectivity index (χ1n) is 12.4. The zero-order valence-electron chi connectivity index (χ0n) is 21.0. The number of dihydropyridines is 1. The molecule has 0 bridgehead atoms. The van der Waals surface area contributed by atoms with E-state index in [4.69, 9.17) is 9.47 Å². The van der Waals surface area contributed by atoms with Crippen molar-refractivity contribution in [1.82, 2.24) is 5.32 Å². The van der Waals surface area contributed by atoms with Crippen LogP contribution in [0.4, 0.5) is 0 Å². The van der Waals surface area contributed by atoms with Gasteiger partial charge in [0.25, 0.3) is 0 Å². The maximum absolute atomic E-state index is 13.6. The predicted octanol–water partition coefficient (Wildman–Crippen LogP) is 6.07. The fourth-order valence-corrected chi connectivity index (χ4v) is 5.41. The summed E-state index contributed by atoms with van der Waals surface area (Å²) >= 11 is 0. The van der Waals surface area contributed by atoms with Crippen LogP contribution in [-0.4, -0.2) is 25.0 Å². The molecule has 0 saturated carbocycles. The van der Waals surface area contributed by atoms with Crippen molar-refractivity contribution in [2.75, 3.05) is 13.2 Å². The first kappa shape index (κ1) is 23.9. The molecule has 1 unspecified atom stereocenters. The van der Waals surface area contributed by atoms with E-state index in [1.165, 1.54) is 0 Å². The smallest absolute Gasteiger partial charge is 0.336 e. The summed E-state index contributed by atoms with van der Waals surface area (Å²) in [5, 5.41) is 5.51. The third-order valence-corrected chi connectivity index (χ3v) is 6.92. The summed E-state index contributed by atoms with van der Waals surface area (Å²) in [6, 6.07) is 23.6. The third-order valence-electron chi connectivity index (χ3n) is 6.92. The molecule has 1 heterocycles. The lowest BCUT2D eigenvalue weighted by atomic mass is 9.68. The standard InChI is InChI=1S/C31H31NO4/c1-20-27(30(34)36-17-16-35-22-12-5-4-6-13-22)28(24-15-9-11-21-10-7-8-14-23(21)24)29-25(32-20)18-31(2,3)19-26(29)33/h4-15,28,32H,16-19H2,1-3H3. The summed E-state index contributed by atoms with van der Waals surface area (Å²) in [5.74, 6) is -0.115. The Morgan fingerprint density at radius 2 is 1.67 bits per heavy atom. The Hall–Kier alpha value is -3.86. The molecule has 5 nitrogen and oxygen atoms in total. The number of carbonyl (C=O) groups excluding carboxylic acids is 2. The van der Waals surface area contributed by atoms with Gasteiger partial charge in [-0.05, 0) is 47.2 Å². The number of carbonyl (C=O) groups is 2. The minimum absolute atomic E-state index is 0.0805. The van der Waals surface area contributed by atoms with Crippen LogP contribution in [-0.2, 0) is 14.3 Å². The molecule has 2 aliphatic rings. The van der Waals surface area contributed by atoms with E-state index in [1.807, 2.05) is 61.5 Å². The average Bonchev–Trinajstić information content (AvgIpc) is 2.85. The molecule has 0 amide bonds. The zero-order valence-corrected chi connectivity index (χ0v) is 21.0. The maximum Gasteiger partial charge on any atom is 0.336 e. The van der Waals surface area contributed by atoms with Crippen LogP contribution in [0.25, 0.3) is 10.8 Å². The summed E-state index contributed by atoms with van der Waals surface area (Å²) in [6.45, 7) is 6.47. The fourth-order valence-electron chi connectivity index (χ4n) is 5.41. The molecule has 3 aromatic carbocycles. The van der Waals surface area contributed by atoms with E-state index in [-0.39, 0.29) is 24.4 Å². The lowest BCUT2D eigenvalue weighted by Gasteiger charge is -2.39. The number of fused-ring (bicyclic) bond motifs is 1. The normalized spacial score (nSPS) is 19.1. The second-order valence-electron chi connectivity index (χ2n) is 10.3. The highest BCUT2D eigenvalue weighted by Gasteiger charge is 2.43. The lowest BCUT2D eigenvalue weighted by molar-refractivity contribution is -0.140. The van der Waals surface area contributed by atoms with Crippen molar-refractivity contribution in [1.29, 1.82) is 0 Å². The van der Waals surface area contributed by atoms with E-state index in [0.29, 0.717) is 17.6 Å². The number of para-hydroxylation sites is 1. The van der Waals surface area contributed by atoms with Gasteiger partial charge in [-0.15, -0.1) is 0 Å². The molecular formula is C31H31NO4. The van der Waals surface area contributed by atoms with Crippen molar-refractivity contribution in [3.8, 4) is 5.75 Å². The van der Waals surface area contributed by atoms with Crippen molar-refractivity contribution >= 4 is 22.5 Å². The van der Waals surface area contributed by atoms with Crippen molar-refractivity contribution in [3.63, 3.8) is 0 Å². The maximum atomic E-state index is 13.6. The average molecular weight is 482 g/mol. The van der Waals surface area contributed by atoms with E-state index in [9.17, 15) is 9.59 Å². The van der Waals surface area contributed by atoms with E-state index >= 15 is 0 Å². The molecule has 0 saturated heterocycles.